The van der Waals surface area contributed by atoms with Gasteiger partial charge < -0.3 is 14.9 Å². The van der Waals surface area contributed by atoms with E-state index in [0.29, 0.717) is 6.92 Å². The maximum absolute atomic E-state index is 13.3. The number of hydrogen-bond donors (Lipinski definition) is 2. The van der Waals surface area contributed by atoms with E-state index in [1.165, 1.54) is 0 Å². The van der Waals surface area contributed by atoms with Gasteiger partial charge in [0.25, 0.3) is 0 Å². The molecule has 19 heavy (non-hydrogen) atoms. The van der Waals surface area contributed by atoms with Crippen molar-refractivity contribution in [3.8, 4) is 5.75 Å². The lowest BCUT2D eigenvalue weighted by molar-refractivity contribution is -0.207. The summed E-state index contributed by atoms with van der Waals surface area (Å²) in [5, 5.41) is 18.0. The number of carboxylic acids is 1. The number of rotatable bonds is 5. The van der Waals surface area contributed by atoms with Gasteiger partial charge in [-0.05, 0) is 24.6 Å². The zero-order chi connectivity index (χ0) is 14.8. The van der Waals surface area contributed by atoms with Crippen LogP contribution in [0.4, 0.5) is 17.6 Å². The maximum Gasteiger partial charge on any atom is 0.387 e. The molecule has 0 fully saturated rings. The lowest BCUT2D eigenvalue weighted by atomic mass is 9.89. The van der Waals surface area contributed by atoms with E-state index >= 15 is 0 Å². The number of alkyl halides is 4. The molecule has 1 aromatic carbocycles. The number of carbonyl (C=O) groups is 1. The van der Waals surface area contributed by atoms with Gasteiger partial charge in [-0.15, -0.1) is 0 Å². The Bertz CT molecular complexity index is 456. The molecule has 0 aliphatic rings. The van der Waals surface area contributed by atoms with E-state index in [0.717, 1.165) is 24.3 Å². The minimum absolute atomic E-state index is 0.298. The average Bonchev–Trinajstić information content (AvgIpc) is 2.28. The highest BCUT2D eigenvalue weighted by Crippen LogP contribution is 2.38. The van der Waals surface area contributed by atoms with Crippen LogP contribution in [0.15, 0.2) is 24.3 Å². The first-order valence-electron chi connectivity index (χ1n) is 4.98. The van der Waals surface area contributed by atoms with Crippen LogP contribution < -0.4 is 4.74 Å². The van der Waals surface area contributed by atoms with Crippen molar-refractivity contribution in [2.75, 3.05) is 0 Å². The van der Waals surface area contributed by atoms with Crippen LogP contribution in [0.25, 0.3) is 0 Å². The standard InChI is InChI=1S/C11H10F4O4/c1-10(18,11(14,15)8(16)17)6-2-4-7(5-3-6)19-9(12)13/h2-5,9,18H,1H3,(H,16,17). The summed E-state index contributed by atoms with van der Waals surface area (Å²) < 4.78 is 54.4. The molecule has 8 heteroatoms. The fourth-order valence-electron chi connectivity index (χ4n) is 1.35. The number of aliphatic hydroxyl groups is 1. The average molecular weight is 282 g/mol. The van der Waals surface area contributed by atoms with Gasteiger partial charge >= 0.3 is 18.5 Å². The zero-order valence-corrected chi connectivity index (χ0v) is 9.61. The minimum atomic E-state index is -4.43. The number of aliphatic carboxylic acids is 1. The van der Waals surface area contributed by atoms with Gasteiger partial charge in [0, 0.05) is 0 Å². The first-order chi connectivity index (χ1) is 8.59. The fraction of sp³-hybridized carbons (Fsp3) is 0.364. The van der Waals surface area contributed by atoms with Gasteiger partial charge in [-0.2, -0.15) is 17.6 Å². The highest BCUT2D eigenvalue weighted by Gasteiger charge is 2.56. The van der Waals surface area contributed by atoms with Crippen LogP contribution in [0, 0.1) is 0 Å². The molecule has 1 atom stereocenters. The molecule has 0 aromatic heterocycles. The van der Waals surface area contributed by atoms with Crippen molar-refractivity contribution < 1.29 is 37.3 Å². The van der Waals surface area contributed by atoms with E-state index in [4.69, 9.17) is 5.11 Å². The largest absolute Gasteiger partial charge is 0.477 e. The molecule has 0 radical (unpaired) electrons. The second-order valence-electron chi connectivity index (χ2n) is 3.85. The highest BCUT2D eigenvalue weighted by atomic mass is 19.3. The molecular weight excluding hydrogens is 272 g/mol. The first-order valence-corrected chi connectivity index (χ1v) is 4.98. The monoisotopic (exact) mass is 282 g/mol. The summed E-state index contributed by atoms with van der Waals surface area (Å²) in [6, 6.07) is 3.62. The van der Waals surface area contributed by atoms with E-state index in [-0.39, 0.29) is 5.75 Å². The van der Waals surface area contributed by atoms with Crippen molar-refractivity contribution in [1.29, 1.82) is 0 Å². The Morgan fingerprint density at radius 3 is 2.11 bits per heavy atom. The molecule has 0 aliphatic carbocycles. The molecule has 0 bridgehead atoms. The van der Waals surface area contributed by atoms with E-state index in [9.17, 15) is 27.5 Å². The SMILES string of the molecule is CC(O)(c1ccc(OC(F)F)cc1)C(F)(F)C(=O)O. The Balaban J connectivity index is 3.06. The predicted octanol–water partition coefficient (Wildman–Crippen LogP) is 2.22. The van der Waals surface area contributed by atoms with E-state index in [2.05, 4.69) is 4.74 Å². The van der Waals surface area contributed by atoms with E-state index < -0.39 is 29.7 Å². The van der Waals surface area contributed by atoms with Gasteiger partial charge in [0.05, 0.1) is 0 Å². The lowest BCUT2D eigenvalue weighted by Crippen LogP contribution is -2.48. The zero-order valence-electron chi connectivity index (χ0n) is 9.61. The molecule has 106 valence electrons. The summed E-state index contributed by atoms with van der Waals surface area (Å²) in [4.78, 5) is 10.4. The van der Waals surface area contributed by atoms with Crippen LogP contribution in [0.2, 0.25) is 0 Å². The van der Waals surface area contributed by atoms with Crippen molar-refractivity contribution in [2.45, 2.75) is 25.1 Å². The summed E-state index contributed by atoms with van der Waals surface area (Å²) in [6.07, 6.45) is 0. The highest BCUT2D eigenvalue weighted by molar-refractivity contribution is 5.77. The summed E-state index contributed by atoms with van der Waals surface area (Å²) in [6.45, 7) is -2.46. The Morgan fingerprint density at radius 1 is 1.26 bits per heavy atom. The van der Waals surface area contributed by atoms with Crippen LogP contribution in [0.3, 0.4) is 0 Å². The van der Waals surface area contributed by atoms with E-state index in [1.807, 2.05) is 0 Å². The second kappa shape index (κ2) is 5.04. The van der Waals surface area contributed by atoms with Crippen molar-refractivity contribution in [1.82, 2.24) is 0 Å². The molecule has 0 spiro atoms. The Morgan fingerprint density at radius 2 is 1.74 bits per heavy atom. The smallest absolute Gasteiger partial charge is 0.387 e. The van der Waals surface area contributed by atoms with Gasteiger partial charge in [0.2, 0.25) is 0 Å². The summed E-state index contributed by atoms with van der Waals surface area (Å²) in [7, 11) is 0. The third-order valence-electron chi connectivity index (χ3n) is 2.52. The molecule has 0 amide bonds. The summed E-state index contributed by atoms with van der Waals surface area (Å²) >= 11 is 0. The topological polar surface area (TPSA) is 66.8 Å². The van der Waals surface area contributed by atoms with Gasteiger partial charge in [-0.3, -0.25) is 0 Å². The molecular formula is C11H10F4O4. The van der Waals surface area contributed by atoms with Gasteiger partial charge in [0.15, 0.2) is 5.60 Å². The molecule has 0 saturated carbocycles. The molecule has 4 nitrogen and oxygen atoms in total. The van der Waals surface area contributed by atoms with Crippen LogP contribution in [-0.2, 0) is 10.4 Å². The molecule has 1 rings (SSSR count). The third kappa shape index (κ3) is 2.95. The molecule has 1 unspecified atom stereocenters. The fourth-order valence-corrected chi connectivity index (χ4v) is 1.35. The lowest BCUT2D eigenvalue weighted by Gasteiger charge is -2.29. The number of ether oxygens (including phenoxy) is 1. The summed E-state index contributed by atoms with van der Waals surface area (Å²) in [5.74, 6) is -7.23. The third-order valence-corrected chi connectivity index (χ3v) is 2.52. The number of halogens is 4. The summed E-state index contributed by atoms with van der Waals surface area (Å²) in [5.41, 5.74) is -3.43. The van der Waals surface area contributed by atoms with Crippen molar-refractivity contribution in [2.24, 2.45) is 0 Å². The van der Waals surface area contributed by atoms with Gasteiger partial charge in [-0.1, -0.05) is 12.1 Å². The molecule has 2 N–H and O–H groups in total. The first kappa shape index (κ1) is 15.2. The van der Waals surface area contributed by atoms with Crippen molar-refractivity contribution >= 4 is 5.97 Å². The minimum Gasteiger partial charge on any atom is -0.477 e. The Labute approximate surface area is 105 Å². The Kier molecular flexibility index (Phi) is 4.04. The van der Waals surface area contributed by atoms with Crippen LogP contribution in [0.5, 0.6) is 5.75 Å². The van der Waals surface area contributed by atoms with Crippen LogP contribution in [0.1, 0.15) is 12.5 Å². The van der Waals surface area contributed by atoms with Gasteiger partial charge in [-0.25, -0.2) is 4.79 Å². The van der Waals surface area contributed by atoms with E-state index in [1.54, 1.807) is 0 Å². The molecule has 0 heterocycles. The number of benzene rings is 1. The number of hydrogen-bond acceptors (Lipinski definition) is 3. The normalized spacial score (nSPS) is 15.1. The predicted molar refractivity (Wildman–Crippen MR) is 55.2 cm³/mol. The van der Waals surface area contributed by atoms with Crippen molar-refractivity contribution in [3.05, 3.63) is 29.8 Å². The number of carboxylic acid groups (broad SMARTS) is 1. The van der Waals surface area contributed by atoms with Gasteiger partial charge in [0.1, 0.15) is 5.75 Å². The van der Waals surface area contributed by atoms with Crippen LogP contribution in [-0.4, -0.2) is 28.7 Å². The molecule has 0 saturated heterocycles. The molecule has 0 aliphatic heterocycles. The second-order valence-corrected chi connectivity index (χ2v) is 3.85. The molecule has 1 aromatic rings. The Hall–Kier alpha value is -1.83. The maximum atomic E-state index is 13.3. The van der Waals surface area contributed by atoms with Crippen LogP contribution >= 0.6 is 0 Å². The quantitative estimate of drug-likeness (QED) is 0.813. The van der Waals surface area contributed by atoms with Crippen molar-refractivity contribution in [3.63, 3.8) is 0 Å².